The number of carbonyl (C=O) groups is 1. The van der Waals surface area contributed by atoms with Crippen LogP contribution in [0.5, 0.6) is 11.5 Å². The van der Waals surface area contributed by atoms with Gasteiger partial charge in [0.05, 0.1) is 27.0 Å². The van der Waals surface area contributed by atoms with Crippen LogP contribution < -0.4 is 25.2 Å². The molecular formula is C22H25ClN6O6S. The molecule has 1 amide bonds. The molecule has 0 radical (unpaired) electrons. The van der Waals surface area contributed by atoms with Crippen molar-refractivity contribution in [3.8, 4) is 11.5 Å². The summed E-state index contributed by atoms with van der Waals surface area (Å²) in [5, 5.41) is 11.0. The fraction of sp³-hybridized carbons (Fsp3) is 0.227. The topological polar surface area (TPSA) is 164 Å². The van der Waals surface area contributed by atoms with Crippen LogP contribution in [0.3, 0.4) is 0 Å². The van der Waals surface area contributed by atoms with Crippen LogP contribution in [0.2, 0.25) is 0 Å². The molecule has 0 saturated carbocycles. The van der Waals surface area contributed by atoms with Gasteiger partial charge in [-0.3, -0.25) is 14.2 Å². The van der Waals surface area contributed by atoms with Gasteiger partial charge in [0.25, 0.3) is 15.9 Å². The first-order chi connectivity index (χ1) is 16.8. The molecule has 0 aliphatic heterocycles. The highest BCUT2D eigenvalue weighted by atomic mass is 35.5. The summed E-state index contributed by atoms with van der Waals surface area (Å²) < 4.78 is 46.8. The zero-order valence-corrected chi connectivity index (χ0v) is 21.3. The number of nitrogens with one attached hydrogen (secondary N) is 2. The maximum Gasteiger partial charge on any atom is 0.266 e. The van der Waals surface area contributed by atoms with Gasteiger partial charge in [-0.2, -0.15) is 5.10 Å². The van der Waals surface area contributed by atoms with Gasteiger partial charge >= 0.3 is 0 Å². The average molecular weight is 537 g/mol. The number of fused-ring (bicyclic) bond motifs is 1. The lowest BCUT2D eigenvalue weighted by atomic mass is 10.1. The van der Waals surface area contributed by atoms with Gasteiger partial charge in [0.2, 0.25) is 0 Å². The minimum Gasteiger partial charge on any atom is -0.496 e. The van der Waals surface area contributed by atoms with E-state index in [2.05, 4.69) is 20.3 Å². The van der Waals surface area contributed by atoms with E-state index in [1.165, 1.54) is 39.5 Å². The van der Waals surface area contributed by atoms with Gasteiger partial charge in [0.1, 0.15) is 21.8 Å². The molecular weight excluding hydrogens is 512 g/mol. The summed E-state index contributed by atoms with van der Waals surface area (Å²) in [6.07, 6.45) is 3.52. The van der Waals surface area contributed by atoms with Crippen molar-refractivity contribution < 1.29 is 27.2 Å². The number of ether oxygens (including phenoxy) is 2. The Labute approximate surface area is 213 Å². The summed E-state index contributed by atoms with van der Waals surface area (Å²) in [6, 6.07) is 7.55. The largest absolute Gasteiger partial charge is 0.496 e. The number of nitrogens with two attached hydrogens (primary N) is 1. The summed E-state index contributed by atoms with van der Waals surface area (Å²) in [4.78, 5) is 11.8. The molecule has 4 N–H and O–H groups in total. The molecule has 0 bridgehead atoms. The third-order valence-electron chi connectivity index (χ3n) is 5.26. The zero-order chi connectivity index (χ0) is 25.2. The molecule has 12 nitrogen and oxygen atoms in total. The molecule has 36 heavy (non-hydrogen) atoms. The van der Waals surface area contributed by atoms with Crippen molar-refractivity contribution >= 4 is 45.1 Å². The minimum atomic E-state index is -4.22. The maximum absolute atomic E-state index is 13.3. The summed E-state index contributed by atoms with van der Waals surface area (Å²) in [5.41, 5.74) is 7.80. The molecule has 0 aliphatic rings. The predicted molar refractivity (Wildman–Crippen MR) is 134 cm³/mol. The lowest BCUT2D eigenvalue weighted by Crippen LogP contribution is -2.20. The van der Waals surface area contributed by atoms with Crippen LogP contribution in [-0.2, 0) is 23.1 Å². The van der Waals surface area contributed by atoms with Crippen LogP contribution in [0.1, 0.15) is 21.5 Å². The number of hydrogen-bond acceptors (Lipinski definition) is 9. The number of aromatic nitrogens is 3. The fourth-order valence-electron chi connectivity index (χ4n) is 3.55. The van der Waals surface area contributed by atoms with Gasteiger partial charge in [-0.1, -0.05) is 5.16 Å². The Kier molecular flexibility index (Phi) is 8.07. The van der Waals surface area contributed by atoms with Crippen LogP contribution in [-0.4, -0.2) is 50.5 Å². The third kappa shape index (κ3) is 5.22. The highest BCUT2D eigenvalue weighted by molar-refractivity contribution is 7.92. The second-order valence-electron chi connectivity index (χ2n) is 7.50. The minimum absolute atomic E-state index is 0. The fourth-order valence-corrected chi connectivity index (χ4v) is 4.75. The monoisotopic (exact) mass is 536 g/mol. The van der Waals surface area contributed by atoms with Crippen LogP contribution in [0.4, 0.5) is 5.82 Å². The Hall–Kier alpha value is -3.81. The number of carbonyl (C=O) groups excluding carboxylic acids is 1. The van der Waals surface area contributed by atoms with Crippen molar-refractivity contribution in [1.29, 1.82) is 0 Å². The molecule has 0 unspecified atom stereocenters. The first-order valence-corrected chi connectivity index (χ1v) is 11.9. The third-order valence-corrected chi connectivity index (χ3v) is 6.62. The molecule has 4 rings (SSSR count). The SMILES string of the molecule is CNC(=O)c1ccc(OC)c(S(=O)(=O)Nc2noc3cc(Cn4cc(CN)cn4)cc(OC)c23)c1.Cl. The molecule has 0 atom stereocenters. The molecule has 2 heterocycles. The summed E-state index contributed by atoms with van der Waals surface area (Å²) in [7, 11) is 0.0163. The maximum atomic E-state index is 13.3. The van der Waals surface area contributed by atoms with Crippen molar-refractivity contribution in [2.75, 3.05) is 26.0 Å². The lowest BCUT2D eigenvalue weighted by molar-refractivity contribution is 0.0963. The summed E-state index contributed by atoms with van der Waals surface area (Å²) >= 11 is 0. The van der Waals surface area contributed by atoms with Crippen molar-refractivity contribution in [2.45, 2.75) is 18.0 Å². The van der Waals surface area contributed by atoms with Crippen LogP contribution in [0.25, 0.3) is 11.0 Å². The number of anilines is 1. The number of nitrogens with zero attached hydrogens (tertiary/aromatic N) is 3. The van der Waals surface area contributed by atoms with E-state index in [1.54, 1.807) is 23.0 Å². The molecule has 0 fully saturated rings. The average Bonchev–Trinajstić information content (AvgIpc) is 3.49. The van der Waals surface area contributed by atoms with E-state index in [-0.39, 0.29) is 34.4 Å². The van der Waals surface area contributed by atoms with Crippen LogP contribution >= 0.6 is 12.4 Å². The Morgan fingerprint density at radius 2 is 1.89 bits per heavy atom. The standard InChI is InChI=1S/C22H24N6O6S.ClH/c1-24-22(29)15-4-5-16(32-2)19(8-15)35(30,31)27-21-20-17(33-3)6-13(7-18(20)34-26-21)11-28-12-14(9-23)10-25-28;/h4-8,10,12H,9,11,23H2,1-3H3,(H,24,29)(H,26,27);1H. The van der Waals surface area contributed by atoms with Gasteiger partial charge in [-0.05, 0) is 35.9 Å². The molecule has 192 valence electrons. The first-order valence-electron chi connectivity index (χ1n) is 10.4. The number of halogens is 1. The Morgan fingerprint density at radius 3 is 2.53 bits per heavy atom. The Morgan fingerprint density at radius 1 is 1.14 bits per heavy atom. The molecule has 14 heteroatoms. The molecule has 0 saturated heterocycles. The highest BCUT2D eigenvalue weighted by Gasteiger charge is 2.25. The molecule has 2 aromatic carbocycles. The highest BCUT2D eigenvalue weighted by Crippen LogP contribution is 2.36. The van der Waals surface area contributed by atoms with Crippen molar-refractivity contribution in [3.05, 3.63) is 59.4 Å². The van der Waals surface area contributed by atoms with Crippen molar-refractivity contribution in [1.82, 2.24) is 20.3 Å². The predicted octanol–water partition coefficient (Wildman–Crippen LogP) is 2.13. The lowest BCUT2D eigenvalue weighted by Gasteiger charge is -2.12. The van der Waals surface area contributed by atoms with E-state index in [1.807, 2.05) is 6.20 Å². The number of benzene rings is 2. The van der Waals surface area contributed by atoms with Gasteiger partial charge < -0.3 is 25.0 Å². The first kappa shape index (κ1) is 26.8. The van der Waals surface area contributed by atoms with E-state index in [4.69, 9.17) is 19.7 Å². The van der Waals surface area contributed by atoms with E-state index < -0.39 is 15.9 Å². The van der Waals surface area contributed by atoms with Crippen LogP contribution in [0.15, 0.2) is 52.1 Å². The molecule has 0 aliphatic carbocycles. The quantitative estimate of drug-likeness (QED) is 0.290. The van der Waals surface area contributed by atoms with Crippen molar-refractivity contribution in [3.63, 3.8) is 0 Å². The van der Waals surface area contributed by atoms with E-state index in [0.29, 0.717) is 29.8 Å². The van der Waals surface area contributed by atoms with Crippen molar-refractivity contribution in [2.24, 2.45) is 5.73 Å². The molecule has 2 aromatic heterocycles. The number of amides is 1. The summed E-state index contributed by atoms with van der Waals surface area (Å²) in [6.45, 7) is 0.794. The zero-order valence-electron chi connectivity index (χ0n) is 19.6. The van der Waals surface area contributed by atoms with Gasteiger partial charge in [0.15, 0.2) is 11.4 Å². The smallest absolute Gasteiger partial charge is 0.266 e. The van der Waals surface area contributed by atoms with E-state index in [0.717, 1.165) is 11.1 Å². The van der Waals surface area contributed by atoms with E-state index >= 15 is 0 Å². The van der Waals surface area contributed by atoms with Gasteiger partial charge in [0, 0.05) is 30.9 Å². The second-order valence-corrected chi connectivity index (χ2v) is 9.15. The van der Waals surface area contributed by atoms with Gasteiger partial charge in [-0.15, -0.1) is 12.4 Å². The number of sulfonamides is 1. The number of rotatable bonds is 9. The second kappa shape index (κ2) is 10.8. The van der Waals surface area contributed by atoms with E-state index in [9.17, 15) is 13.2 Å². The summed E-state index contributed by atoms with van der Waals surface area (Å²) in [5.74, 6) is -0.0988. The number of hydrogen-bond donors (Lipinski definition) is 3. The van der Waals surface area contributed by atoms with Crippen LogP contribution in [0, 0.1) is 0 Å². The number of methoxy groups -OCH3 is 2. The van der Waals surface area contributed by atoms with Gasteiger partial charge in [-0.25, -0.2) is 8.42 Å². The normalized spacial score (nSPS) is 11.1. The Balaban J connectivity index is 0.00000361. The Bertz CT molecular complexity index is 1500. The molecule has 4 aromatic rings. The molecule has 0 spiro atoms.